The SMILES string of the molecule is Cc1cc(-c2cc(-c3ccc(N4CCN(C(=O)O)C(C(C)(C)C)C4)nc3)c3c(C#N)cnn3c2)on1. The molecular formula is C26H27N7O3. The number of aromatic nitrogens is 4. The van der Waals surface area contributed by atoms with E-state index in [2.05, 4.69) is 42.0 Å². The van der Waals surface area contributed by atoms with Crippen LogP contribution in [0.1, 0.15) is 32.0 Å². The summed E-state index contributed by atoms with van der Waals surface area (Å²) in [7, 11) is 0. The van der Waals surface area contributed by atoms with Gasteiger partial charge >= 0.3 is 6.09 Å². The van der Waals surface area contributed by atoms with E-state index in [1.807, 2.05) is 37.4 Å². The topological polar surface area (TPSA) is 124 Å². The Morgan fingerprint density at radius 3 is 2.61 bits per heavy atom. The number of hydrogen-bond acceptors (Lipinski definition) is 7. The molecule has 1 unspecified atom stereocenters. The molecule has 0 spiro atoms. The summed E-state index contributed by atoms with van der Waals surface area (Å²) in [6.45, 7) is 9.57. The van der Waals surface area contributed by atoms with Crippen molar-refractivity contribution in [3.63, 3.8) is 0 Å². The average Bonchev–Trinajstić information content (AvgIpc) is 3.48. The lowest BCUT2D eigenvalue weighted by atomic mass is 9.84. The second-order valence-corrected chi connectivity index (χ2v) is 10.1. The highest BCUT2D eigenvalue weighted by Crippen LogP contribution is 2.34. The molecule has 0 bridgehead atoms. The number of hydrogen-bond donors (Lipinski definition) is 1. The number of piperazine rings is 1. The summed E-state index contributed by atoms with van der Waals surface area (Å²) in [5, 5.41) is 27.7. The zero-order valence-electron chi connectivity index (χ0n) is 20.6. The highest BCUT2D eigenvalue weighted by atomic mass is 16.5. The van der Waals surface area contributed by atoms with Gasteiger partial charge in [0.15, 0.2) is 5.76 Å². The summed E-state index contributed by atoms with van der Waals surface area (Å²) in [5.74, 6) is 1.39. The Hall–Kier alpha value is -4.39. The molecule has 1 fully saturated rings. The minimum absolute atomic E-state index is 0.156. The number of amides is 1. The third-order valence-corrected chi connectivity index (χ3v) is 6.65. The fourth-order valence-corrected chi connectivity index (χ4v) is 4.75. The van der Waals surface area contributed by atoms with Gasteiger partial charge in [0.1, 0.15) is 11.9 Å². The third-order valence-electron chi connectivity index (χ3n) is 6.65. The van der Waals surface area contributed by atoms with Crippen LogP contribution in [0.25, 0.3) is 28.0 Å². The van der Waals surface area contributed by atoms with E-state index < -0.39 is 6.09 Å². The zero-order chi connectivity index (χ0) is 25.6. The first-order valence-corrected chi connectivity index (χ1v) is 11.7. The molecule has 10 heteroatoms. The zero-order valence-corrected chi connectivity index (χ0v) is 20.6. The molecule has 4 aromatic heterocycles. The third kappa shape index (κ3) is 4.13. The molecule has 0 aromatic carbocycles. The van der Waals surface area contributed by atoms with Crippen LogP contribution in [0, 0.1) is 23.7 Å². The molecule has 5 heterocycles. The maximum Gasteiger partial charge on any atom is 0.407 e. The standard InChI is InChI=1S/C26H27N7O3/c1-16-9-21(36-30-16)18-10-20(24-19(11-27)13-29-33(24)14-18)17-5-6-23(28-12-17)31-7-8-32(25(34)35)22(15-31)26(2,3)4/h5-6,9-10,12-14,22H,7-8,15H2,1-4H3,(H,34,35). The first-order chi connectivity index (χ1) is 17.2. The molecule has 184 valence electrons. The van der Waals surface area contributed by atoms with Crippen molar-refractivity contribution in [2.24, 2.45) is 5.41 Å². The Kier molecular flexibility index (Phi) is 5.63. The Morgan fingerprint density at radius 1 is 1.19 bits per heavy atom. The number of nitrogens with zero attached hydrogens (tertiary/aromatic N) is 7. The van der Waals surface area contributed by atoms with E-state index >= 15 is 0 Å². The molecule has 0 saturated carbocycles. The van der Waals surface area contributed by atoms with Crippen molar-refractivity contribution < 1.29 is 14.4 Å². The van der Waals surface area contributed by atoms with E-state index in [1.165, 1.54) is 4.90 Å². The minimum Gasteiger partial charge on any atom is -0.465 e. The first kappa shape index (κ1) is 23.4. The molecule has 1 aliphatic rings. The number of fused-ring (bicyclic) bond motifs is 1. The fourth-order valence-electron chi connectivity index (χ4n) is 4.75. The highest BCUT2D eigenvalue weighted by Gasteiger charge is 2.38. The van der Waals surface area contributed by atoms with Crippen molar-refractivity contribution in [2.45, 2.75) is 33.7 Å². The van der Waals surface area contributed by atoms with Crippen LogP contribution < -0.4 is 4.90 Å². The molecule has 1 amide bonds. The van der Waals surface area contributed by atoms with Gasteiger partial charge in [-0.15, -0.1) is 0 Å². The van der Waals surface area contributed by atoms with Gasteiger partial charge in [-0.3, -0.25) is 0 Å². The number of carboxylic acid groups (broad SMARTS) is 1. The van der Waals surface area contributed by atoms with Gasteiger partial charge in [0, 0.05) is 54.8 Å². The summed E-state index contributed by atoms with van der Waals surface area (Å²) >= 11 is 0. The number of carbonyl (C=O) groups is 1. The van der Waals surface area contributed by atoms with Crippen LogP contribution >= 0.6 is 0 Å². The molecule has 1 atom stereocenters. The number of anilines is 1. The van der Waals surface area contributed by atoms with Crippen LogP contribution in [0.5, 0.6) is 0 Å². The molecule has 1 saturated heterocycles. The minimum atomic E-state index is -0.891. The van der Waals surface area contributed by atoms with Gasteiger partial charge in [-0.2, -0.15) is 10.4 Å². The lowest BCUT2D eigenvalue weighted by Crippen LogP contribution is -2.59. The van der Waals surface area contributed by atoms with Crippen LogP contribution in [0.3, 0.4) is 0 Å². The summed E-state index contributed by atoms with van der Waals surface area (Å²) in [6.07, 6.45) is 4.25. The van der Waals surface area contributed by atoms with Crippen LogP contribution in [0.15, 0.2) is 47.4 Å². The average molecular weight is 486 g/mol. The van der Waals surface area contributed by atoms with Gasteiger partial charge < -0.3 is 19.4 Å². The van der Waals surface area contributed by atoms with Crippen LogP contribution in [-0.2, 0) is 0 Å². The Bertz CT molecular complexity index is 1470. The Labute approximate surface area is 208 Å². The fraction of sp³-hybridized carbons (Fsp3) is 0.346. The second-order valence-electron chi connectivity index (χ2n) is 10.1. The lowest BCUT2D eigenvalue weighted by Gasteiger charge is -2.46. The van der Waals surface area contributed by atoms with Gasteiger partial charge in [0.25, 0.3) is 0 Å². The summed E-state index contributed by atoms with van der Waals surface area (Å²) in [6, 6.07) is 9.78. The Morgan fingerprint density at radius 2 is 2.00 bits per heavy atom. The molecule has 0 radical (unpaired) electrons. The Balaban J connectivity index is 1.51. The monoisotopic (exact) mass is 485 g/mol. The van der Waals surface area contributed by atoms with Gasteiger partial charge in [-0.05, 0) is 30.5 Å². The second kappa shape index (κ2) is 8.68. The molecule has 5 rings (SSSR count). The molecule has 36 heavy (non-hydrogen) atoms. The van der Waals surface area contributed by atoms with Crippen molar-refractivity contribution in [1.82, 2.24) is 24.7 Å². The molecule has 1 aliphatic heterocycles. The van der Waals surface area contributed by atoms with Gasteiger partial charge in [-0.25, -0.2) is 14.3 Å². The van der Waals surface area contributed by atoms with Crippen LogP contribution in [0.4, 0.5) is 10.6 Å². The van der Waals surface area contributed by atoms with E-state index in [0.29, 0.717) is 36.5 Å². The van der Waals surface area contributed by atoms with Crippen molar-refractivity contribution in [3.8, 4) is 28.5 Å². The van der Waals surface area contributed by atoms with E-state index in [1.54, 1.807) is 16.9 Å². The number of pyridine rings is 2. The van der Waals surface area contributed by atoms with Crippen molar-refractivity contribution in [1.29, 1.82) is 5.26 Å². The van der Waals surface area contributed by atoms with E-state index in [9.17, 15) is 15.2 Å². The predicted octanol–water partition coefficient (Wildman–Crippen LogP) is 4.45. The van der Waals surface area contributed by atoms with E-state index in [-0.39, 0.29) is 11.5 Å². The summed E-state index contributed by atoms with van der Waals surface area (Å²) in [5.41, 5.74) is 4.13. The predicted molar refractivity (Wildman–Crippen MR) is 134 cm³/mol. The van der Waals surface area contributed by atoms with Crippen molar-refractivity contribution in [2.75, 3.05) is 24.5 Å². The summed E-state index contributed by atoms with van der Waals surface area (Å²) in [4.78, 5) is 20.2. The number of aryl methyl sites for hydroxylation is 1. The first-order valence-electron chi connectivity index (χ1n) is 11.7. The number of nitriles is 1. The summed E-state index contributed by atoms with van der Waals surface area (Å²) < 4.78 is 7.14. The van der Waals surface area contributed by atoms with Crippen molar-refractivity contribution >= 4 is 17.4 Å². The maximum absolute atomic E-state index is 11.8. The van der Waals surface area contributed by atoms with Gasteiger partial charge in [-0.1, -0.05) is 25.9 Å². The molecular weight excluding hydrogens is 458 g/mol. The molecule has 4 aromatic rings. The molecule has 1 N–H and O–H groups in total. The van der Waals surface area contributed by atoms with E-state index in [0.717, 1.165) is 28.2 Å². The van der Waals surface area contributed by atoms with Gasteiger partial charge in [0.2, 0.25) is 0 Å². The van der Waals surface area contributed by atoms with Crippen LogP contribution in [-0.4, -0.2) is 61.5 Å². The van der Waals surface area contributed by atoms with Gasteiger partial charge in [0.05, 0.1) is 29.0 Å². The number of rotatable bonds is 3. The van der Waals surface area contributed by atoms with Crippen LogP contribution in [0.2, 0.25) is 0 Å². The maximum atomic E-state index is 11.8. The quantitative estimate of drug-likeness (QED) is 0.451. The smallest absolute Gasteiger partial charge is 0.407 e. The normalized spacial score (nSPS) is 16.4. The molecule has 10 nitrogen and oxygen atoms in total. The van der Waals surface area contributed by atoms with E-state index in [4.69, 9.17) is 9.51 Å². The highest BCUT2D eigenvalue weighted by molar-refractivity contribution is 5.87. The van der Waals surface area contributed by atoms with Crippen molar-refractivity contribution in [3.05, 3.63) is 54.1 Å². The lowest BCUT2D eigenvalue weighted by molar-refractivity contribution is 0.0747. The largest absolute Gasteiger partial charge is 0.465 e. The molecule has 0 aliphatic carbocycles.